The van der Waals surface area contributed by atoms with Crippen molar-refractivity contribution in [3.8, 4) is 0 Å². The second kappa shape index (κ2) is 6.88. The maximum absolute atomic E-state index is 11.6. The normalized spacial score (nSPS) is 17.1. The number of anilines is 1. The summed E-state index contributed by atoms with van der Waals surface area (Å²) in [5.41, 5.74) is 0. The third kappa shape index (κ3) is 4.53. The zero-order chi connectivity index (χ0) is 16.2. The van der Waals surface area contributed by atoms with Gasteiger partial charge in [0.05, 0.1) is 6.26 Å². The summed E-state index contributed by atoms with van der Waals surface area (Å²) < 4.78 is 28.7. The number of hydrogen-bond donors (Lipinski definition) is 2. The third-order valence-electron chi connectivity index (χ3n) is 3.48. The van der Waals surface area contributed by atoms with E-state index < -0.39 is 21.8 Å². The van der Waals surface area contributed by atoms with E-state index in [4.69, 9.17) is 0 Å². The number of amides is 2. The molecule has 0 aromatic carbocycles. The predicted octanol–water partition coefficient (Wildman–Crippen LogP) is -0.599. The van der Waals surface area contributed by atoms with Crippen LogP contribution in [0.25, 0.3) is 0 Å². The van der Waals surface area contributed by atoms with Crippen molar-refractivity contribution in [2.45, 2.75) is 12.8 Å². The molecule has 0 spiro atoms. The van der Waals surface area contributed by atoms with Crippen LogP contribution in [0.5, 0.6) is 0 Å². The van der Waals surface area contributed by atoms with Gasteiger partial charge in [-0.1, -0.05) is 5.16 Å². The molecule has 1 fully saturated rings. The highest BCUT2D eigenvalue weighted by Crippen LogP contribution is 2.18. The van der Waals surface area contributed by atoms with Crippen LogP contribution in [0, 0.1) is 5.92 Å². The van der Waals surface area contributed by atoms with Crippen molar-refractivity contribution < 1.29 is 22.5 Å². The molecule has 2 amide bonds. The van der Waals surface area contributed by atoms with E-state index in [1.165, 1.54) is 22.9 Å². The number of hydrogen-bond acceptors (Lipinski definition) is 6. The van der Waals surface area contributed by atoms with Gasteiger partial charge in [0.25, 0.3) is 0 Å². The van der Waals surface area contributed by atoms with Crippen molar-refractivity contribution in [1.29, 1.82) is 0 Å². The van der Waals surface area contributed by atoms with Gasteiger partial charge in [-0.05, 0) is 18.8 Å². The fraction of sp³-hybridized carbons (Fsp3) is 0.583. The van der Waals surface area contributed by atoms with Gasteiger partial charge in [0.2, 0.25) is 10.0 Å². The molecule has 1 aliphatic rings. The van der Waals surface area contributed by atoms with E-state index in [2.05, 4.69) is 20.3 Å². The maximum atomic E-state index is 11.6. The molecular formula is C12H18N4O5S. The Balaban J connectivity index is 1.72. The van der Waals surface area contributed by atoms with Crippen LogP contribution in [0.4, 0.5) is 5.82 Å². The molecule has 10 heteroatoms. The highest BCUT2D eigenvalue weighted by atomic mass is 32.2. The third-order valence-corrected chi connectivity index (χ3v) is 4.78. The Morgan fingerprint density at radius 2 is 2.05 bits per heavy atom. The van der Waals surface area contributed by atoms with E-state index in [0.29, 0.717) is 32.5 Å². The monoisotopic (exact) mass is 330 g/mol. The van der Waals surface area contributed by atoms with Gasteiger partial charge in [-0.15, -0.1) is 0 Å². The fourth-order valence-electron chi connectivity index (χ4n) is 2.21. The molecule has 122 valence electrons. The SMILES string of the molecule is CS(=O)(=O)N1CCC(CNC(=O)C(=O)Nc2ccon2)CC1. The van der Waals surface area contributed by atoms with Gasteiger partial charge < -0.3 is 9.84 Å². The molecule has 2 heterocycles. The number of rotatable bonds is 4. The molecule has 1 aromatic rings. The molecule has 0 saturated carbocycles. The zero-order valence-corrected chi connectivity index (χ0v) is 12.9. The molecule has 0 atom stereocenters. The Bertz CT molecular complexity index is 620. The predicted molar refractivity (Wildman–Crippen MR) is 77.3 cm³/mol. The van der Waals surface area contributed by atoms with Crippen molar-refractivity contribution in [2.24, 2.45) is 5.92 Å². The van der Waals surface area contributed by atoms with E-state index >= 15 is 0 Å². The van der Waals surface area contributed by atoms with Crippen LogP contribution in [0.3, 0.4) is 0 Å². The molecular weight excluding hydrogens is 312 g/mol. The van der Waals surface area contributed by atoms with Crippen LogP contribution < -0.4 is 10.6 Å². The van der Waals surface area contributed by atoms with Crippen molar-refractivity contribution in [3.63, 3.8) is 0 Å². The Morgan fingerprint density at radius 1 is 1.36 bits per heavy atom. The Hall–Kier alpha value is -1.94. The summed E-state index contributed by atoms with van der Waals surface area (Å²) in [6.45, 7) is 1.21. The summed E-state index contributed by atoms with van der Waals surface area (Å²) in [6, 6.07) is 1.42. The van der Waals surface area contributed by atoms with Gasteiger partial charge >= 0.3 is 11.8 Å². The summed E-state index contributed by atoms with van der Waals surface area (Å²) in [6.07, 6.45) is 3.77. The number of piperidine rings is 1. The minimum absolute atomic E-state index is 0.154. The average Bonchev–Trinajstić information content (AvgIpc) is 2.97. The largest absolute Gasteiger partial charge is 0.363 e. The fourth-order valence-corrected chi connectivity index (χ4v) is 3.09. The van der Waals surface area contributed by atoms with Crippen LogP contribution in [0.15, 0.2) is 16.9 Å². The van der Waals surface area contributed by atoms with Crippen molar-refractivity contribution in [2.75, 3.05) is 31.2 Å². The summed E-state index contributed by atoms with van der Waals surface area (Å²) in [5.74, 6) is -1.25. The molecule has 2 N–H and O–H groups in total. The molecule has 9 nitrogen and oxygen atoms in total. The van der Waals surface area contributed by atoms with Crippen molar-refractivity contribution in [1.82, 2.24) is 14.8 Å². The summed E-state index contributed by atoms with van der Waals surface area (Å²) >= 11 is 0. The molecule has 0 bridgehead atoms. The lowest BCUT2D eigenvalue weighted by Gasteiger charge is -2.30. The topological polar surface area (TPSA) is 122 Å². The van der Waals surface area contributed by atoms with Crippen molar-refractivity contribution in [3.05, 3.63) is 12.3 Å². The van der Waals surface area contributed by atoms with Crippen LogP contribution in [-0.4, -0.2) is 55.6 Å². The highest BCUT2D eigenvalue weighted by Gasteiger charge is 2.25. The molecule has 1 saturated heterocycles. The number of carbonyl (C=O) groups excluding carboxylic acids is 2. The van der Waals surface area contributed by atoms with Crippen LogP contribution in [0.1, 0.15) is 12.8 Å². The zero-order valence-electron chi connectivity index (χ0n) is 12.1. The number of nitrogens with one attached hydrogen (secondary N) is 2. The van der Waals surface area contributed by atoms with Crippen LogP contribution in [0.2, 0.25) is 0 Å². The summed E-state index contributed by atoms with van der Waals surface area (Å²) in [7, 11) is -3.16. The second-order valence-electron chi connectivity index (χ2n) is 5.15. The minimum atomic E-state index is -3.16. The lowest BCUT2D eigenvalue weighted by Crippen LogP contribution is -2.43. The summed E-state index contributed by atoms with van der Waals surface area (Å²) in [4.78, 5) is 23.2. The Morgan fingerprint density at radius 3 is 2.59 bits per heavy atom. The first kappa shape index (κ1) is 16.4. The molecule has 22 heavy (non-hydrogen) atoms. The van der Waals surface area contributed by atoms with E-state index in [1.54, 1.807) is 0 Å². The highest BCUT2D eigenvalue weighted by molar-refractivity contribution is 7.88. The minimum Gasteiger partial charge on any atom is -0.363 e. The Labute approximate surface area is 128 Å². The first-order valence-corrected chi connectivity index (χ1v) is 8.66. The summed E-state index contributed by atoms with van der Waals surface area (Å²) in [5, 5.41) is 8.30. The van der Waals surface area contributed by atoms with E-state index in [0.717, 1.165) is 0 Å². The number of nitrogens with zero attached hydrogens (tertiary/aromatic N) is 2. The van der Waals surface area contributed by atoms with Crippen LogP contribution in [-0.2, 0) is 19.6 Å². The second-order valence-corrected chi connectivity index (χ2v) is 7.14. The average molecular weight is 330 g/mol. The van der Waals surface area contributed by atoms with Crippen LogP contribution >= 0.6 is 0 Å². The maximum Gasteiger partial charge on any atom is 0.314 e. The molecule has 0 aliphatic carbocycles. The smallest absolute Gasteiger partial charge is 0.314 e. The van der Waals surface area contributed by atoms with Gasteiger partial charge in [0.1, 0.15) is 6.26 Å². The first-order chi connectivity index (χ1) is 10.4. The number of aromatic nitrogens is 1. The van der Waals surface area contributed by atoms with Gasteiger partial charge in [0, 0.05) is 25.7 Å². The molecule has 1 aliphatic heterocycles. The molecule has 0 unspecified atom stereocenters. The van der Waals surface area contributed by atoms with E-state index in [-0.39, 0.29) is 11.7 Å². The van der Waals surface area contributed by atoms with Gasteiger partial charge in [-0.3, -0.25) is 14.9 Å². The number of sulfonamides is 1. The quantitative estimate of drug-likeness (QED) is 0.711. The Kier molecular flexibility index (Phi) is 5.14. The lowest BCUT2D eigenvalue weighted by atomic mass is 9.98. The molecule has 0 radical (unpaired) electrons. The van der Waals surface area contributed by atoms with E-state index in [1.807, 2.05) is 0 Å². The first-order valence-electron chi connectivity index (χ1n) is 6.81. The van der Waals surface area contributed by atoms with Gasteiger partial charge in [0.15, 0.2) is 5.82 Å². The van der Waals surface area contributed by atoms with Gasteiger partial charge in [-0.2, -0.15) is 0 Å². The lowest BCUT2D eigenvalue weighted by molar-refractivity contribution is -0.136. The standard InChI is InChI=1S/C12H18N4O5S/c1-22(19,20)16-5-2-9(3-6-16)8-13-11(17)12(18)14-10-4-7-21-15-10/h4,7,9H,2-3,5-6,8H2,1H3,(H,13,17)(H,14,15,18). The van der Waals surface area contributed by atoms with Gasteiger partial charge in [-0.25, -0.2) is 12.7 Å². The molecule has 2 rings (SSSR count). The number of carbonyl (C=O) groups is 2. The van der Waals surface area contributed by atoms with Crippen molar-refractivity contribution >= 4 is 27.7 Å². The molecule has 1 aromatic heterocycles. The van der Waals surface area contributed by atoms with E-state index in [9.17, 15) is 18.0 Å².